The van der Waals surface area contributed by atoms with E-state index < -0.39 is 0 Å². The molecule has 0 radical (unpaired) electrons. The van der Waals surface area contributed by atoms with Crippen LogP contribution in [0.25, 0.3) is 0 Å². The Kier molecular flexibility index (Phi) is 2.71. The minimum atomic E-state index is -0.314. The molecule has 98 valence electrons. The van der Waals surface area contributed by atoms with Gasteiger partial charge in [-0.25, -0.2) is 0 Å². The van der Waals surface area contributed by atoms with Crippen molar-refractivity contribution in [2.75, 3.05) is 5.73 Å². The molecule has 3 rings (SSSR count). The number of aromatic nitrogens is 2. The quantitative estimate of drug-likeness (QED) is 0.802. The number of nitrogens with one attached hydrogen (secondary N) is 2. The van der Waals surface area contributed by atoms with Crippen molar-refractivity contribution in [2.24, 2.45) is 0 Å². The van der Waals surface area contributed by atoms with Gasteiger partial charge in [0.05, 0.1) is 11.7 Å². The van der Waals surface area contributed by atoms with Gasteiger partial charge in [-0.3, -0.25) is 9.89 Å². The van der Waals surface area contributed by atoms with Gasteiger partial charge in [-0.1, -0.05) is 23.7 Å². The molecule has 1 aliphatic carbocycles. The van der Waals surface area contributed by atoms with Crippen LogP contribution in [0.2, 0.25) is 5.02 Å². The normalized spacial score (nSPS) is 16.1. The van der Waals surface area contributed by atoms with Gasteiger partial charge in [-0.05, 0) is 30.5 Å². The monoisotopic (exact) mass is 276 g/mol. The van der Waals surface area contributed by atoms with Crippen molar-refractivity contribution < 1.29 is 4.79 Å². The second kappa shape index (κ2) is 4.28. The van der Waals surface area contributed by atoms with Crippen molar-refractivity contribution in [1.82, 2.24) is 15.5 Å². The van der Waals surface area contributed by atoms with Crippen LogP contribution in [0.4, 0.5) is 5.82 Å². The number of aromatic amines is 1. The average molecular weight is 277 g/mol. The molecule has 5 nitrogen and oxygen atoms in total. The lowest BCUT2D eigenvalue weighted by atomic mass is 10.0. The Morgan fingerprint density at radius 2 is 2.26 bits per heavy atom. The third-order valence-electron chi connectivity index (χ3n) is 3.39. The summed E-state index contributed by atoms with van der Waals surface area (Å²) in [5.74, 6) is 0.0584. The van der Waals surface area contributed by atoms with Crippen LogP contribution >= 0.6 is 11.6 Å². The van der Waals surface area contributed by atoms with Crippen LogP contribution in [-0.2, 0) is 5.54 Å². The maximum absolute atomic E-state index is 12.2. The lowest BCUT2D eigenvalue weighted by Crippen LogP contribution is -2.35. The lowest BCUT2D eigenvalue weighted by molar-refractivity contribution is 0.0932. The van der Waals surface area contributed by atoms with Crippen LogP contribution in [0.3, 0.4) is 0 Å². The Morgan fingerprint density at radius 1 is 1.47 bits per heavy atom. The van der Waals surface area contributed by atoms with Gasteiger partial charge in [0.1, 0.15) is 11.4 Å². The molecule has 0 bridgehead atoms. The number of nitrogens with zero attached hydrogens (tertiary/aromatic N) is 1. The Labute approximate surface area is 115 Å². The number of hydrogen-bond donors (Lipinski definition) is 3. The summed E-state index contributed by atoms with van der Waals surface area (Å²) in [6.07, 6.45) is 3.23. The van der Waals surface area contributed by atoms with Gasteiger partial charge < -0.3 is 11.1 Å². The molecule has 1 aliphatic rings. The summed E-state index contributed by atoms with van der Waals surface area (Å²) in [7, 11) is 0. The van der Waals surface area contributed by atoms with Gasteiger partial charge in [0.2, 0.25) is 0 Å². The molecule has 0 spiro atoms. The zero-order valence-electron chi connectivity index (χ0n) is 10.1. The number of hydrogen-bond acceptors (Lipinski definition) is 3. The molecule has 19 heavy (non-hydrogen) atoms. The summed E-state index contributed by atoms with van der Waals surface area (Å²) in [6, 6.07) is 7.55. The number of anilines is 1. The third-order valence-corrected chi connectivity index (χ3v) is 3.63. The van der Waals surface area contributed by atoms with E-state index in [0.717, 1.165) is 18.4 Å². The van der Waals surface area contributed by atoms with Gasteiger partial charge in [-0.15, -0.1) is 0 Å². The van der Waals surface area contributed by atoms with Crippen LogP contribution in [0.5, 0.6) is 0 Å². The fourth-order valence-electron chi connectivity index (χ4n) is 2.16. The Bertz CT molecular complexity index is 633. The number of carbonyl (C=O) groups excluding carboxylic acids is 1. The number of nitrogen functional groups attached to an aromatic ring is 1. The van der Waals surface area contributed by atoms with Gasteiger partial charge >= 0.3 is 0 Å². The van der Waals surface area contributed by atoms with Crippen molar-refractivity contribution in [3.8, 4) is 0 Å². The number of rotatable bonds is 3. The van der Waals surface area contributed by atoms with Crippen LogP contribution in [-0.4, -0.2) is 16.1 Å². The Morgan fingerprint density at radius 3 is 2.84 bits per heavy atom. The van der Waals surface area contributed by atoms with Crippen LogP contribution in [0, 0.1) is 0 Å². The zero-order valence-corrected chi connectivity index (χ0v) is 10.9. The minimum absolute atomic E-state index is 0.219. The molecule has 1 fully saturated rings. The topological polar surface area (TPSA) is 83.8 Å². The van der Waals surface area contributed by atoms with E-state index in [4.69, 9.17) is 17.3 Å². The largest absolute Gasteiger partial charge is 0.383 e. The number of benzene rings is 1. The number of carbonyl (C=O) groups is 1. The first kappa shape index (κ1) is 12.0. The highest BCUT2D eigenvalue weighted by Crippen LogP contribution is 2.46. The van der Waals surface area contributed by atoms with Crippen molar-refractivity contribution in [2.45, 2.75) is 18.4 Å². The van der Waals surface area contributed by atoms with Crippen molar-refractivity contribution in [1.29, 1.82) is 0 Å². The van der Waals surface area contributed by atoms with Crippen LogP contribution in [0.15, 0.2) is 30.5 Å². The molecule has 1 saturated carbocycles. The van der Waals surface area contributed by atoms with Crippen LogP contribution in [0.1, 0.15) is 28.8 Å². The first-order chi connectivity index (χ1) is 9.11. The number of amides is 1. The molecule has 1 heterocycles. The van der Waals surface area contributed by atoms with Gasteiger partial charge in [0.25, 0.3) is 5.91 Å². The number of H-pyrrole nitrogens is 1. The first-order valence-electron chi connectivity index (χ1n) is 5.98. The van der Waals surface area contributed by atoms with E-state index in [-0.39, 0.29) is 17.3 Å². The minimum Gasteiger partial charge on any atom is -0.383 e. The Hall–Kier alpha value is -2.01. The second-order valence-electron chi connectivity index (χ2n) is 4.74. The van der Waals surface area contributed by atoms with E-state index in [2.05, 4.69) is 15.5 Å². The predicted octanol–water partition coefficient (Wildman–Crippen LogP) is 2.06. The Balaban J connectivity index is 1.83. The first-order valence-corrected chi connectivity index (χ1v) is 6.36. The van der Waals surface area contributed by atoms with Crippen molar-refractivity contribution >= 4 is 23.3 Å². The van der Waals surface area contributed by atoms with Gasteiger partial charge in [-0.2, -0.15) is 5.10 Å². The van der Waals surface area contributed by atoms with E-state index in [1.807, 2.05) is 24.3 Å². The van der Waals surface area contributed by atoms with E-state index in [0.29, 0.717) is 10.6 Å². The lowest BCUT2D eigenvalue weighted by Gasteiger charge is -2.18. The van der Waals surface area contributed by atoms with Crippen LogP contribution < -0.4 is 11.1 Å². The average Bonchev–Trinajstić information content (AvgIpc) is 3.03. The highest BCUT2D eigenvalue weighted by Gasteiger charge is 2.46. The fourth-order valence-corrected chi connectivity index (χ4v) is 2.35. The molecule has 0 atom stereocenters. The molecule has 6 heteroatoms. The molecular weight excluding hydrogens is 264 g/mol. The highest BCUT2D eigenvalue weighted by atomic mass is 35.5. The summed E-state index contributed by atoms with van der Waals surface area (Å²) in [4.78, 5) is 12.2. The van der Waals surface area contributed by atoms with Gasteiger partial charge in [0, 0.05) is 5.02 Å². The maximum Gasteiger partial charge on any atom is 0.257 e. The molecular formula is C13H13ClN4O. The summed E-state index contributed by atoms with van der Waals surface area (Å²) in [6.45, 7) is 0. The van der Waals surface area contributed by atoms with E-state index in [1.54, 1.807) is 0 Å². The number of halogens is 1. The maximum atomic E-state index is 12.2. The molecule has 0 saturated heterocycles. The molecule has 2 aromatic rings. The van der Waals surface area contributed by atoms with E-state index >= 15 is 0 Å². The summed E-state index contributed by atoms with van der Waals surface area (Å²) in [5, 5.41) is 9.98. The standard InChI is InChI=1S/C13H13ClN4O/c14-9-3-1-2-8(6-9)13(4-5-13)17-12(19)10-7-16-18-11(10)15/h1-3,6-7H,4-5H2,(H,17,19)(H3,15,16,18). The zero-order chi connectivity index (χ0) is 13.5. The molecule has 0 aliphatic heterocycles. The van der Waals surface area contributed by atoms with Gasteiger partial charge in [0.15, 0.2) is 0 Å². The fraction of sp³-hybridized carbons (Fsp3) is 0.231. The molecule has 1 amide bonds. The highest BCUT2D eigenvalue weighted by molar-refractivity contribution is 6.30. The number of nitrogens with two attached hydrogens (primary N) is 1. The molecule has 4 N–H and O–H groups in total. The van der Waals surface area contributed by atoms with Crippen molar-refractivity contribution in [3.63, 3.8) is 0 Å². The van der Waals surface area contributed by atoms with E-state index in [1.165, 1.54) is 6.20 Å². The third kappa shape index (κ3) is 2.17. The molecule has 0 unspecified atom stereocenters. The molecule has 1 aromatic heterocycles. The van der Waals surface area contributed by atoms with Crippen molar-refractivity contribution in [3.05, 3.63) is 46.6 Å². The summed E-state index contributed by atoms with van der Waals surface area (Å²) < 4.78 is 0. The second-order valence-corrected chi connectivity index (χ2v) is 5.18. The summed E-state index contributed by atoms with van der Waals surface area (Å²) >= 11 is 5.99. The SMILES string of the molecule is Nc1[nH]ncc1C(=O)NC1(c2cccc(Cl)c2)CC1. The summed E-state index contributed by atoms with van der Waals surface area (Å²) in [5.41, 5.74) is 6.72. The smallest absolute Gasteiger partial charge is 0.257 e. The predicted molar refractivity (Wildman–Crippen MR) is 72.8 cm³/mol. The van der Waals surface area contributed by atoms with E-state index in [9.17, 15) is 4.79 Å². The molecule has 1 aromatic carbocycles.